The highest BCUT2D eigenvalue weighted by atomic mass is 16.3. The molecule has 0 atom stereocenters. The molecule has 0 amide bonds. The Bertz CT molecular complexity index is 1110. The van der Waals surface area contributed by atoms with Crippen LogP contribution >= 0.6 is 0 Å². The molecular formula is C26H24N2O2. The second-order valence-corrected chi connectivity index (χ2v) is 7.23. The highest BCUT2D eigenvalue weighted by molar-refractivity contribution is 5.72. The van der Waals surface area contributed by atoms with Crippen molar-refractivity contribution < 1.29 is 10.2 Å². The average Bonchev–Trinajstić information content (AvgIpc) is 2.80. The lowest BCUT2D eigenvalue weighted by Crippen LogP contribution is -1.93. The lowest BCUT2D eigenvalue weighted by atomic mass is 10.0. The van der Waals surface area contributed by atoms with Gasteiger partial charge < -0.3 is 10.2 Å². The first-order valence-corrected chi connectivity index (χ1v) is 10.2. The average molecular weight is 396 g/mol. The van der Waals surface area contributed by atoms with E-state index < -0.39 is 0 Å². The number of phenols is 2. The van der Waals surface area contributed by atoms with Crippen LogP contribution in [-0.2, 0) is 12.8 Å². The number of rotatable bonds is 5. The van der Waals surface area contributed by atoms with Gasteiger partial charge in [0, 0.05) is 11.1 Å². The van der Waals surface area contributed by atoms with E-state index in [2.05, 4.69) is 13.8 Å². The van der Waals surface area contributed by atoms with Gasteiger partial charge in [0.05, 0.1) is 22.8 Å². The second-order valence-electron chi connectivity index (χ2n) is 7.23. The van der Waals surface area contributed by atoms with Crippen molar-refractivity contribution in [3.63, 3.8) is 0 Å². The van der Waals surface area contributed by atoms with Gasteiger partial charge >= 0.3 is 0 Å². The molecule has 0 fully saturated rings. The predicted molar refractivity (Wildman–Crippen MR) is 120 cm³/mol. The molecule has 0 saturated carbocycles. The number of hydrogen-bond acceptors (Lipinski definition) is 4. The summed E-state index contributed by atoms with van der Waals surface area (Å²) in [7, 11) is 0. The van der Waals surface area contributed by atoms with Crippen LogP contribution in [0.25, 0.3) is 33.9 Å². The molecule has 0 bridgehead atoms. The van der Waals surface area contributed by atoms with Crippen LogP contribution in [0, 0.1) is 0 Å². The molecule has 4 heteroatoms. The molecule has 150 valence electrons. The molecule has 4 aromatic rings. The fourth-order valence-electron chi connectivity index (χ4n) is 3.47. The van der Waals surface area contributed by atoms with Gasteiger partial charge in [0.2, 0.25) is 0 Å². The van der Waals surface area contributed by atoms with E-state index in [4.69, 9.17) is 9.97 Å². The van der Waals surface area contributed by atoms with E-state index in [-0.39, 0.29) is 11.5 Å². The van der Waals surface area contributed by atoms with Crippen molar-refractivity contribution in [2.24, 2.45) is 0 Å². The number of aromatic nitrogens is 2. The van der Waals surface area contributed by atoms with Crippen molar-refractivity contribution in [2.75, 3.05) is 0 Å². The first kappa shape index (κ1) is 19.6. The number of nitrogens with zero attached hydrogens (tertiary/aromatic N) is 2. The summed E-state index contributed by atoms with van der Waals surface area (Å²) in [6, 6.07) is 22.6. The van der Waals surface area contributed by atoms with Gasteiger partial charge in [-0.05, 0) is 72.5 Å². The Morgan fingerprint density at radius 2 is 0.967 bits per heavy atom. The third-order valence-corrected chi connectivity index (χ3v) is 5.25. The number of aromatic hydroxyl groups is 2. The molecule has 0 radical (unpaired) electrons. The van der Waals surface area contributed by atoms with E-state index in [1.807, 2.05) is 60.7 Å². The summed E-state index contributed by atoms with van der Waals surface area (Å²) >= 11 is 0. The second kappa shape index (κ2) is 8.37. The van der Waals surface area contributed by atoms with E-state index in [9.17, 15) is 10.2 Å². The Balaban J connectivity index is 1.76. The molecule has 2 aromatic carbocycles. The standard InChI is InChI=1S/C26H24N2O2/c1-3-17-11-13-25(29)19(15-17)21-7-5-9-23(27-21)24-10-6-8-22(28-24)20-16-18(4-2)12-14-26(20)30/h5-16,29-30H,3-4H2,1-2H3. The van der Waals surface area contributed by atoms with Crippen LogP contribution in [0.15, 0.2) is 72.8 Å². The molecule has 0 unspecified atom stereocenters. The number of benzene rings is 2. The van der Waals surface area contributed by atoms with E-state index >= 15 is 0 Å². The summed E-state index contributed by atoms with van der Waals surface area (Å²) in [5.41, 5.74) is 6.51. The van der Waals surface area contributed by atoms with Gasteiger partial charge in [0.1, 0.15) is 11.5 Å². The number of hydrogen-bond donors (Lipinski definition) is 2. The molecular weight excluding hydrogens is 372 g/mol. The summed E-state index contributed by atoms with van der Waals surface area (Å²) in [5, 5.41) is 20.7. The Labute approximate surface area is 176 Å². The van der Waals surface area contributed by atoms with Crippen LogP contribution in [0.5, 0.6) is 11.5 Å². The summed E-state index contributed by atoms with van der Waals surface area (Å²) < 4.78 is 0. The first-order chi connectivity index (χ1) is 14.6. The van der Waals surface area contributed by atoms with Gasteiger partial charge in [-0.1, -0.05) is 38.1 Å². The van der Waals surface area contributed by atoms with E-state index in [0.29, 0.717) is 33.9 Å². The van der Waals surface area contributed by atoms with E-state index in [1.54, 1.807) is 12.1 Å². The Morgan fingerprint density at radius 3 is 1.37 bits per heavy atom. The van der Waals surface area contributed by atoms with Crippen molar-refractivity contribution in [1.29, 1.82) is 0 Å². The molecule has 0 spiro atoms. The van der Waals surface area contributed by atoms with Gasteiger partial charge in [0.25, 0.3) is 0 Å². The minimum Gasteiger partial charge on any atom is -0.507 e. The van der Waals surface area contributed by atoms with Gasteiger partial charge in [0.15, 0.2) is 0 Å². The Kier molecular flexibility index (Phi) is 5.48. The van der Waals surface area contributed by atoms with Crippen LogP contribution in [0.1, 0.15) is 25.0 Å². The quantitative estimate of drug-likeness (QED) is 0.433. The Hall–Kier alpha value is -3.66. The van der Waals surface area contributed by atoms with E-state index in [0.717, 1.165) is 24.0 Å². The number of phenolic OH excluding ortho intramolecular Hbond substituents is 2. The molecule has 2 aromatic heterocycles. The van der Waals surface area contributed by atoms with Crippen molar-refractivity contribution in [2.45, 2.75) is 26.7 Å². The van der Waals surface area contributed by atoms with Crippen LogP contribution in [0.2, 0.25) is 0 Å². The van der Waals surface area contributed by atoms with Crippen molar-refractivity contribution in [3.8, 4) is 45.4 Å². The number of pyridine rings is 2. The first-order valence-electron chi connectivity index (χ1n) is 10.2. The summed E-state index contributed by atoms with van der Waals surface area (Å²) in [6.45, 7) is 4.16. The number of aryl methyl sites for hydroxylation is 2. The summed E-state index contributed by atoms with van der Waals surface area (Å²) in [5.74, 6) is 0.416. The molecule has 2 N–H and O–H groups in total. The lowest BCUT2D eigenvalue weighted by Gasteiger charge is -2.10. The topological polar surface area (TPSA) is 66.2 Å². The highest BCUT2D eigenvalue weighted by Gasteiger charge is 2.12. The fourth-order valence-corrected chi connectivity index (χ4v) is 3.47. The van der Waals surface area contributed by atoms with Crippen LogP contribution in [-0.4, -0.2) is 20.2 Å². The van der Waals surface area contributed by atoms with Crippen molar-refractivity contribution >= 4 is 0 Å². The molecule has 4 nitrogen and oxygen atoms in total. The maximum atomic E-state index is 10.3. The molecule has 0 saturated heterocycles. The van der Waals surface area contributed by atoms with Gasteiger partial charge in [-0.3, -0.25) is 0 Å². The monoisotopic (exact) mass is 396 g/mol. The smallest absolute Gasteiger partial charge is 0.124 e. The summed E-state index contributed by atoms with van der Waals surface area (Å²) in [4.78, 5) is 9.51. The molecule has 0 aliphatic carbocycles. The predicted octanol–water partition coefficient (Wildman–Crippen LogP) is 6.01. The fraction of sp³-hybridized carbons (Fsp3) is 0.154. The van der Waals surface area contributed by atoms with Crippen LogP contribution in [0.4, 0.5) is 0 Å². The van der Waals surface area contributed by atoms with Gasteiger partial charge in [-0.25, -0.2) is 9.97 Å². The Morgan fingerprint density at radius 1 is 0.567 bits per heavy atom. The minimum absolute atomic E-state index is 0.208. The minimum atomic E-state index is 0.208. The van der Waals surface area contributed by atoms with Gasteiger partial charge in [-0.15, -0.1) is 0 Å². The van der Waals surface area contributed by atoms with Crippen molar-refractivity contribution in [1.82, 2.24) is 9.97 Å². The van der Waals surface area contributed by atoms with Crippen LogP contribution < -0.4 is 0 Å². The molecule has 2 heterocycles. The molecule has 0 aliphatic rings. The highest BCUT2D eigenvalue weighted by Crippen LogP contribution is 2.32. The molecule has 30 heavy (non-hydrogen) atoms. The largest absolute Gasteiger partial charge is 0.507 e. The molecule has 0 aliphatic heterocycles. The van der Waals surface area contributed by atoms with Crippen molar-refractivity contribution in [3.05, 3.63) is 83.9 Å². The zero-order valence-corrected chi connectivity index (χ0v) is 17.1. The maximum Gasteiger partial charge on any atom is 0.124 e. The normalized spacial score (nSPS) is 10.9. The maximum absolute atomic E-state index is 10.3. The van der Waals surface area contributed by atoms with Gasteiger partial charge in [-0.2, -0.15) is 0 Å². The third-order valence-electron chi connectivity index (χ3n) is 5.25. The summed E-state index contributed by atoms with van der Waals surface area (Å²) in [6.07, 6.45) is 1.77. The SMILES string of the molecule is CCc1ccc(O)c(-c2cccc(-c3cccc(-c4cc(CC)ccc4O)n3)n2)c1. The van der Waals surface area contributed by atoms with E-state index in [1.165, 1.54) is 0 Å². The third kappa shape index (κ3) is 3.90. The zero-order valence-electron chi connectivity index (χ0n) is 17.1. The van der Waals surface area contributed by atoms with Crippen LogP contribution in [0.3, 0.4) is 0 Å². The zero-order chi connectivity index (χ0) is 21.1. The molecule has 4 rings (SSSR count). The lowest BCUT2D eigenvalue weighted by molar-refractivity contribution is 0.476.